The second-order valence-electron chi connectivity index (χ2n) is 8.33. The largest absolute Gasteiger partial charge is 0.346 e. The lowest BCUT2D eigenvalue weighted by atomic mass is 9.95. The summed E-state index contributed by atoms with van der Waals surface area (Å²) in [7, 11) is 0. The van der Waals surface area contributed by atoms with Gasteiger partial charge in [-0.1, -0.05) is 54.6 Å². The number of carbonyl (C=O) groups excluding carboxylic acids is 2. The summed E-state index contributed by atoms with van der Waals surface area (Å²) < 4.78 is 2.11. The number of aromatic nitrogens is 1. The maximum absolute atomic E-state index is 13.2. The van der Waals surface area contributed by atoms with Crippen molar-refractivity contribution >= 4 is 34.2 Å². The molecule has 4 rings (SSSR count). The van der Waals surface area contributed by atoms with Crippen molar-refractivity contribution in [3.05, 3.63) is 69.9 Å². The Morgan fingerprint density at radius 2 is 1.73 bits per heavy atom. The van der Waals surface area contributed by atoms with Crippen LogP contribution in [0.5, 0.6) is 0 Å². The third kappa shape index (κ3) is 4.15. The van der Waals surface area contributed by atoms with Gasteiger partial charge in [0.2, 0.25) is 0 Å². The second kappa shape index (κ2) is 8.65. The SMILES string of the molecule is Cc1ccc2c(c1)c(C(=O)C(=O)NC1CCCCC1)c(C)n2Cc1ccc(Cl)cc1. The number of nitrogens with one attached hydrogen (secondary N) is 1. The third-order valence-corrected chi connectivity index (χ3v) is 6.36. The summed E-state index contributed by atoms with van der Waals surface area (Å²) in [5, 5.41) is 4.51. The summed E-state index contributed by atoms with van der Waals surface area (Å²) >= 11 is 6.02. The number of amides is 1. The Bertz CT molecular complexity index is 1090. The molecule has 1 saturated carbocycles. The monoisotopic (exact) mass is 422 g/mol. The van der Waals surface area contributed by atoms with E-state index in [-0.39, 0.29) is 6.04 Å². The van der Waals surface area contributed by atoms with E-state index in [1.807, 2.05) is 56.3 Å². The lowest BCUT2D eigenvalue weighted by Crippen LogP contribution is -2.40. The predicted octanol–water partition coefficient (Wildman–Crippen LogP) is 5.59. The van der Waals surface area contributed by atoms with Gasteiger partial charge in [0.15, 0.2) is 0 Å². The normalized spacial score (nSPS) is 14.8. The van der Waals surface area contributed by atoms with Gasteiger partial charge >= 0.3 is 0 Å². The molecule has 0 saturated heterocycles. The van der Waals surface area contributed by atoms with Gasteiger partial charge in [0.1, 0.15) is 0 Å². The average molecular weight is 423 g/mol. The molecule has 1 heterocycles. The Balaban J connectivity index is 1.70. The number of hydrogen-bond donors (Lipinski definition) is 1. The van der Waals surface area contributed by atoms with E-state index < -0.39 is 11.7 Å². The van der Waals surface area contributed by atoms with Gasteiger partial charge in [-0.05, 0) is 56.5 Å². The molecule has 3 aromatic rings. The number of ketones is 1. The lowest BCUT2D eigenvalue weighted by Gasteiger charge is -2.22. The molecule has 1 aliphatic carbocycles. The van der Waals surface area contributed by atoms with Gasteiger partial charge < -0.3 is 9.88 Å². The summed E-state index contributed by atoms with van der Waals surface area (Å²) in [6.45, 7) is 4.54. The first-order chi connectivity index (χ1) is 14.4. The number of carbonyl (C=O) groups is 2. The number of halogens is 1. The summed E-state index contributed by atoms with van der Waals surface area (Å²) in [6, 6.07) is 13.9. The Morgan fingerprint density at radius 1 is 1.03 bits per heavy atom. The van der Waals surface area contributed by atoms with E-state index in [1.54, 1.807) is 0 Å². The Hall–Kier alpha value is -2.59. The van der Waals surface area contributed by atoms with Gasteiger partial charge in [0, 0.05) is 34.2 Å². The molecule has 1 aliphatic rings. The van der Waals surface area contributed by atoms with Crippen molar-refractivity contribution < 1.29 is 9.59 Å². The topological polar surface area (TPSA) is 51.1 Å². The summed E-state index contributed by atoms with van der Waals surface area (Å²) in [5.74, 6) is -0.930. The minimum Gasteiger partial charge on any atom is -0.346 e. The van der Waals surface area contributed by atoms with Crippen molar-refractivity contribution in [2.75, 3.05) is 0 Å². The fourth-order valence-electron chi connectivity index (χ4n) is 4.47. The molecular formula is C25H27ClN2O2. The molecule has 30 heavy (non-hydrogen) atoms. The number of benzene rings is 2. The molecule has 0 aliphatic heterocycles. The van der Waals surface area contributed by atoms with Crippen molar-refractivity contribution in [2.45, 2.75) is 58.5 Å². The van der Waals surface area contributed by atoms with Crippen LogP contribution in [-0.4, -0.2) is 22.3 Å². The van der Waals surface area contributed by atoms with Crippen LogP contribution >= 0.6 is 11.6 Å². The Kier molecular flexibility index (Phi) is 5.96. The summed E-state index contributed by atoms with van der Waals surface area (Å²) in [6.07, 6.45) is 5.33. The highest BCUT2D eigenvalue weighted by molar-refractivity contribution is 6.45. The van der Waals surface area contributed by atoms with Gasteiger partial charge in [0.25, 0.3) is 11.7 Å². The average Bonchev–Trinajstić information content (AvgIpc) is 3.00. The van der Waals surface area contributed by atoms with Crippen molar-refractivity contribution in [3.8, 4) is 0 Å². The number of Topliss-reactive ketones (excluding diaryl/α,β-unsaturated/α-hetero) is 1. The van der Waals surface area contributed by atoms with Crippen LogP contribution < -0.4 is 5.32 Å². The molecule has 1 fully saturated rings. The smallest absolute Gasteiger partial charge is 0.292 e. The van der Waals surface area contributed by atoms with Crippen LogP contribution in [0.25, 0.3) is 10.9 Å². The molecule has 0 radical (unpaired) electrons. The highest BCUT2D eigenvalue weighted by Crippen LogP contribution is 2.29. The number of aryl methyl sites for hydroxylation is 1. The van der Waals surface area contributed by atoms with Gasteiger partial charge in [-0.25, -0.2) is 0 Å². The van der Waals surface area contributed by atoms with E-state index in [1.165, 1.54) is 6.42 Å². The third-order valence-electron chi connectivity index (χ3n) is 6.11. The molecule has 1 aromatic heterocycles. The first-order valence-corrected chi connectivity index (χ1v) is 11.0. The molecular weight excluding hydrogens is 396 g/mol. The second-order valence-corrected chi connectivity index (χ2v) is 8.77. The van der Waals surface area contributed by atoms with Crippen LogP contribution in [0.1, 0.15) is 59.3 Å². The molecule has 4 nitrogen and oxygen atoms in total. The highest BCUT2D eigenvalue weighted by Gasteiger charge is 2.27. The summed E-state index contributed by atoms with van der Waals surface area (Å²) in [4.78, 5) is 26.0. The zero-order chi connectivity index (χ0) is 21.3. The number of rotatable bonds is 5. The standard InChI is InChI=1S/C25H27ClN2O2/c1-16-8-13-22-21(14-16)23(24(29)25(30)27-20-6-4-3-5-7-20)17(2)28(22)15-18-9-11-19(26)12-10-18/h8-14,20H,3-7,15H2,1-2H3,(H,27,30). The van der Waals surface area contributed by atoms with E-state index >= 15 is 0 Å². The molecule has 0 unspecified atom stereocenters. The van der Waals surface area contributed by atoms with E-state index in [0.717, 1.165) is 53.4 Å². The van der Waals surface area contributed by atoms with Crippen molar-refractivity contribution in [2.24, 2.45) is 0 Å². The number of hydrogen-bond acceptors (Lipinski definition) is 2. The van der Waals surface area contributed by atoms with Crippen LogP contribution in [0.2, 0.25) is 5.02 Å². The fraction of sp³-hybridized carbons (Fsp3) is 0.360. The van der Waals surface area contributed by atoms with Crippen molar-refractivity contribution in [1.29, 1.82) is 0 Å². The van der Waals surface area contributed by atoms with Crippen molar-refractivity contribution in [3.63, 3.8) is 0 Å². The van der Waals surface area contributed by atoms with Gasteiger partial charge in [-0.2, -0.15) is 0 Å². The van der Waals surface area contributed by atoms with E-state index in [4.69, 9.17) is 11.6 Å². The lowest BCUT2D eigenvalue weighted by molar-refractivity contribution is -0.117. The molecule has 1 amide bonds. The minimum absolute atomic E-state index is 0.111. The van der Waals surface area contributed by atoms with Crippen LogP contribution in [0.3, 0.4) is 0 Å². The van der Waals surface area contributed by atoms with E-state index in [0.29, 0.717) is 17.1 Å². The van der Waals surface area contributed by atoms with E-state index in [9.17, 15) is 9.59 Å². The van der Waals surface area contributed by atoms with Gasteiger partial charge in [-0.3, -0.25) is 9.59 Å². The molecule has 1 N–H and O–H groups in total. The van der Waals surface area contributed by atoms with Crippen LogP contribution in [0.4, 0.5) is 0 Å². The zero-order valence-electron chi connectivity index (χ0n) is 17.5. The van der Waals surface area contributed by atoms with Gasteiger partial charge in [0.05, 0.1) is 5.56 Å². The Morgan fingerprint density at radius 3 is 2.43 bits per heavy atom. The van der Waals surface area contributed by atoms with Crippen LogP contribution in [-0.2, 0) is 11.3 Å². The van der Waals surface area contributed by atoms with Crippen LogP contribution in [0, 0.1) is 13.8 Å². The molecule has 2 aromatic carbocycles. The van der Waals surface area contributed by atoms with Gasteiger partial charge in [-0.15, -0.1) is 0 Å². The zero-order valence-corrected chi connectivity index (χ0v) is 18.3. The maximum Gasteiger partial charge on any atom is 0.292 e. The first-order valence-electron chi connectivity index (χ1n) is 10.6. The summed E-state index contributed by atoms with van der Waals surface area (Å²) in [5.41, 5.74) is 4.44. The molecule has 156 valence electrons. The quantitative estimate of drug-likeness (QED) is 0.430. The highest BCUT2D eigenvalue weighted by atomic mass is 35.5. The van der Waals surface area contributed by atoms with E-state index in [2.05, 4.69) is 9.88 Å². The van der Waals surface area contributed by atoms with Crippen molar-refractivity contribution in [1.82, 2.24) is 9.88 Å². The predicted molar refractivity (Wildman–Crippen MR) is 121 cm³/mol. The Labute approximate surface area is 182 Å². The maximum atomic E-state index is 13.2. The number of nitrogens with zero attached hydrogens (tertiary/aromatic N) is 1. The molecule has 0 spiro atoms. The number of fused-ring (bicyclic) bond motifs is 1. The minimum atomic E-state index is -0.489. The fourth-order valence-corrected chi connectivity index (χ4v) is 4.60. The molecule has 0 atom stereocenters. The molecule has 0 bridgehead atoms. The van der Waals surface area contributed by atoms with Crippen LogP contribution in [0.15, 0.2) is 42.5 Å². The first kappa shape index (κ1) is 20.7. The molecule has 5 heteroatoms.